The highest BCUT2D eigenvalue weighted by Crippen LogP contribution is 2.23. The van der Waals surface area contributed by atoms with Crippen LogP contribution in [-0.4, -0.2) is 97.5 Å². The van der Waals surface area contributed by atoms with Crippen LogP contribution in [-0.2, 0) is 6.42 Å². The summed E-state index contributed by atoms with van der Waals surface area (Å²) in [6.07, 6.45) is 6.00. The van der Waals surface area contributed by atoms with Crippen molar-refractivity contribution in [2.75, 3.05) is 66.0 Å². The standard InChI is InChI=1S/C23H36N4O/c1-24-15-17-25(18-16-24)14-10-20-6-8-21(9-7-20)23(28)27-13-4-5-22(27)19-26-11-2-3-12-26/h6-9,22H,2-5,10-19H2,1H3/t22-/m0/s1. The van der Waals surface area contributed by atoms with E-state index < -0.39 is 0 Å². The van der Waals surface area contributed by atoms with Gasteiger partial charge in [0, 0.05) is 57.4 Å². The normalized spacial score (nSPS) is 24.9. The Morgan fingerprint density at radius 1 is 0.893 bits per heavy atom. The second kappa shape index (κ2) is 9.38. The maximum atomic E-state index is 13.1. The number of rotatable bonds is 6. The van der Waals surface area contributed by atoms with Crippen molar-refractivity contribution in [3.8, 4) is 0 Å². The molecule has 3 aliphatic heterocycles. The zero-order valence-electron chi connectivity index (χ0n) is 17.5. The molecule has 0 bridgehead atoms. The van der Waals surface area contributed by atoms with Gasteiger partial charge in [-0.05, 0) is 69.9 Å². The minimum absolute atomic E-state index is 0.229. The monoisotopic (exact) mass is 384 g/mol. The van der Waals surface area contributed by atoms with Gasteiger partial charge in [-0.25, -0.2) is 0 Å². The molecule has 5 heteroatoms. The molecule has 1 atom stereocenters. The number of benzene rings is 1. The molecule has 0 saturated carbocycles. The number of likely N-dealkylation sites (N-methyl/N-ethyl adjacent to an activating group) is 1. The van der Waals surface area contributed by atoms with E-state index >= 15 is 0 Å². The molecule has 5 nitrogen and oxygen atoms in total. The van der Waals surface area contributed by atoms with Gasteiger partial charge in [0.25, 0.3) is 5.91 Å². The maximum absolute atomic E-state index is 13.1. The summed E-state index contributed by atoms with van der Waals surface area (Å²) >= 11 is 0. The zero-order chi connectivity index (χ0) is 19.3. The lowest BCUT2D eigenvalue weighted by molar-refractivity contribution is 0.0709. The summed E-state index contributed by atoms with van der Waals surface area (Å²) in [5.74, 6) is 0.229. The van der Waals surface area contributed by atoms with E-state index in [9.17, 15) is 4.79 Å². The molecule has 0 N–H and O–H groups in total. The lowest BCUT2D eigenvalue weighted by Crippen LogP contribution is -2.45. The molecule has 3 heterocycles. The first-order chi connectivity index (χ1) is 13.7. The molecule has 0 aliphatic carbocycles. The van der Waals surface area contributed by atoms with Crippen LogP contribution < -0.4 is 0 Å². The van der Waals surface area contributed by atoms with E-state index in [1.165, 1.54) is 57.7 Å². The summed E-state index contributed by atoms with van der Waals surface area (Å²) in [5, 5.41) is 0. The Bertz CT molecular complexity index is 633. The molecule has 28 heavy (non-hydrogen) atoms. The minimum atomic E-state index is 0.229. The first kappa shape index (κ1) is 19.9. The Hall–Kier alpha value is -1.43. The number of hydrogen-bond acceptors (Lipinski definition) is 4. The molecule has 4 rings (SSSR count). The van der Waals surface area contributed by atoms with Crippen LogP contribution in [0.4, 0.5) is 0 Å². The van der Waals surface area contributed by atoms with Gasteiger partial charge < -0.3 is 19.6 Å². The van der Waals surface area contributed by atoms with Gasteiger partial charge >= 0.3 is 0 Å². The van der Waals surface area contributed by atoms with Gasteiger partial charge in [0.05, 0.1) is 0 Å². The first-order valence-corrected chi connectivity index (χ1v) is 11.2. The Balaban J connectivity index is 1.29. The fourth-order valence-corrected chi connectivity index (χ4v) is 4.89. The van der Waals surface area contributed by atoms with Gasteiger partial charge in [0.1, 0.15) is 0 Å². The van der Waals surface area contributed by atoms with Gasteiger partial charge in [-0.3, -0.25) is 4.79 Å². The van der Waals surface area contributed by atoms with Crippen molar-refractivity contribution in [2.24, 2.45) is 0 Å². The minimum Gasteiger partial charge on any atom is -0.334 e. The van der Waals surface area contributed by atoms with Gasteiger partial charge in [0.15, 0.2) is 0 Å². The fourth-order valence-electron chi connectivity index (χ4n) is 4.89. The number of amides is 1. The Labute approximate surface area is 170 Å². The Morgan fingerprint density at radius 2 is 1.61 bits per heavy atom. The molecule has 0 unspecified atom stereocenters. The largest absolute Gasteiger partial charge is 0.334 e. The average Bonchev–Trinajstić information content (AvgIpc) is 3.40. The quantitative estimate of drug-likeness (QED) is 0.752. The molecule has 154 valence electrons. The highest BCUT2D eigenvalue weighted by atomic mass is 16.2. The topological polar surface area (TPSA) is 30.0 Å². The van der Waals surface area contributed by atoms with Crippen molar-refractivity contribution in [2.45, 2.75) is 38.1 Å². The lowest BCUT2D eigenvalue weighted by Gasteiger charge is -2.32. The molecular formula is C23H36N4O. The highest BCUT2D eigenvalue weighted by molar-refractivity contribution is 5.94. The fraction of sp³-hybridized carbons (Fsp3) is 0.696. The average molecular weight is 385 g/mol. The summed E-state index contributed by atoms with van der Waals surface area (Å²) in [4.78, 5) is 22.7. The van der Waals surface area contributed by atoms with Crippen LogP contribution in [0.2, 0.25) is 0 Å². The molecular weight excluding hydrogens is 348 g/mol. The van der Waals surface area contributed by atoms with Gasteiger partial charge in [-0.15, -0.1) is 0 Å². The van der Waals surface area contributed by atoms with E-state index in [2.05, 4.69) is 38.8 Å². The van der Waals surface area contributed by atoms with Crippen molar-refractivity contribution in [1.82, 2.24) is 19.6 Å². The van der Waals surface area contributed by atoms with Gasteiger partial charge in [-0.2, -0.15) is 0 Å². The van der Waals surface area contributed by atoms with Crippen molar-refractivity contribution < 1.29 is 4.79 Å². The van der Waals surface area contributed by atoms with Crippen molar-refractivity contribution in [1.29, 1.82) is 0 Å². The summed E-state index contributed by atoms with van der Waals surface area (Å²) in [6, 6.07) is 8.83. The molecule has 1 aromatic rings. The van der Waals surface area contributed by atoms with E-state index in [0.717, 1.165) is 44.5 Å². The lowest BCUT2D eigenvalue weighted by atomic mass is 10.1. The molecule has 3 saturated heterocycles. The van der Waals surface area contributed by atoms with E-state index in [1.807, 2.05) is 12.1 Å². The third-order valence-corrected chi connectivity index (χ3v) is 6.82. The van der Waals surface area contributed by atoms with Crippen LogP contribution in [0.3, 0.4) is 0 Å². The van der Waals surface area contributed by atoms with Crippen molar-refractivity contribution in [3.63, 3.8) is 0 Å². The van der Waals surface area contributed by atoms with Crippen molar-refractivity contribution >= 4 is 5.91 Å². The predicted octanol–water partition coefficient (Wildman–Crippen LogP) is 2.18. The van der Waals surface area contributed by atoms with Crippen LogP contribution in [0.25, 0.3) is 0 Å². The van der Waals surface area contributed by atoms with E-state index in [4.69, 9.17) is 0 Å². The smallest absolute Gasteiger partial charge is 0.254 e. The van der Waals surface area contributed by atoms with Gasteiger partial charge in [-0.1, -0.05) is 12.1 Å². The molecule has 0 spiro atoms. The van der Waals surface area contributed by atoms with E-state index in [-0.39, 0.29) is 5.91 Å². The number of carbonyl (C=O) groups excluding carboxylic acids is 1. The third-order valence-electron chi connectivity index (χ3n) is 6.82. The zero-order valence-corrected chi connectivity index (χ0v) is 17.5. The molecule has 1 aromatic carbocycles. The first-order valence-electron chi connectivity index (χ1n) is 11.2. The second-order valence-electron chi connectivity index (χ2n) is 8.89. The SMILES string of the molecule is CN1CCN(CCc2ccc(C(=O)N3CCC[C@H]3CN3CCCC3)cc2)CC1. The van der Waals surface area contributed by atoms with Crippen LogP contribution in [0.5, 0.6) is 0 Å². The van der Waals surface area contributed by atoms with E-state index in [0.29, 0.717) is 6.04 Å². The molecule has 0 radical (unpaired) electrons. The predicted molar refractivity (Wildman–Crippen MR) is 114 cm³/mol. The summed E-state index contributed by atoms with van der Waals surface area (Å²) < 4.78 is 0. The van der Waals surface area contributed by atoms with Crippen molar-refractivity contribution in [3.05, 3.63) is 35.4 Å². The maximum Gasteiger partial charge on any atom is 0.254 e. The molecule has 0 aromatic heterocycles. The summed E-state index contributed by atoms with van der Waals surface area (Å²) in [5.41, 5.74) is 2.20. The number of hydrogen-bond donors (Lipinski definition) is 0. The molecule has 3 aliphatic rings. The number of piperazine rings is 1. The molecule has 1 amide bonds. The Kier molecular flexibility index (Phi) is 6.65. The van der Waals surface area contributed by atoms with Crippen LogP contribution in [0.1, 0.15) is 41.6 Å². The highest BCUT2D eigenvalue weighted by Gasteiger charge is 2.31. The third kappa shape index (κ3) is 4.94. The van der Waals surface area contributed by atoms with Gasteiger partial charge in [0.2, 0.25) is 0 Å². The molecule has 3 fully saturated rings. The number of likely N-dealkylation sites (tertiary alicyclic amines) is 2. The summed E-state index contributed by atoms with van der Waals surface area (Å²) in [6.45, 7) is 10.2. The summed E-state index contributed by atoms with van der Waals surface area (Å²) in [7, 11) is 2.20. The second-order valence-corrected chi connectivity index (χ2v) is 8.89. The van der Waals surface area contributed by atoms with Crippen LogP contribution in [0, 0.1) is 0 Å². The Morgan fingerprint density at radius 3 is 2.32 bits per heavy atom. The van der Waals surface area contributed by atoms with E-state index in [1.54, 1.807) is 0 Å². The number of nitrogens with zero attached hydrogens (tertiary/aromatic N) is 4. The number of carbonyl (C=O) groups is 1. The van der Waals surface area contributed by atoms with Crippen LogP contribution in [0.15, 0.2) is 24.3 Å². The van der Waals surface area contributed by atoms with Crippen LogP contribution >= 0.6 is 0 Å².